The molecule has 0 radical (unpaired) electrons. The van der Waals surface area contributed by atoms with Crippen molar-refractivity contribution in [3.8, 4) is 0 Å². The lowest BCUT2D eigenvalue weighted by Gasteiger charge is -2.38. The van der Waals surface area contributed by atoms with E-state index in [1.54, 1.807) is 17.1 Å². The molecule has 7 heteroatoms. The Balaban J connectivity index is 3.25. The van der Waals surface area contributed by atoms with Crippen LogP contribution in [0.3, 0.4) is 0 Å². The molecule has 1 aromatic heterocycles. The molecule has 1 atom stereocenters. The molecule has 2 N–H and O–H groups in total. The molecule has 0 spiro atoms. The Hall–Kier alpha value is -0.920. The Morgan fingerprint density at radius 2 is 2.05 bits per heavy atom. The van der Waals surface area contributed by atoms with Crippen LogP contribution < -0.4 is 5.73 Å². The van der Waals surface area contributed by atoms with E-state index in [0.717, 1.165) is 6.42 Å². The van der Waals surface area contributed by atoms with E-state index in [2.05, 4.69) is 4.98 Å². The van der Waals surface area contributed by atoms with Crippen LogP contribution in [-0.4, -0.2) is 40.9 Å². The van der Waals surface area contributed by atoms with E-state index >= 15 is 0 Å². The average molecular weight is 302 g/mol. The molecule has 1 aromatic rings. The third-order valence-electron chi connectivity index (χ3n) is 3.76. The molecule has 0 amide bonds. The monoisotopic (exact) mass is 302 g/mol. The zero-order valence-electron chi connectivity index (χ0n) is 12.8. The molecule has 6 nitrogen and oxygen atoms in total. The molecular weight excluding hydrogens is 276 g/mol. The number of rotatable bonds is 8. The molecular formula is C13H26N4O2S. The van der Waals surface area contributed by atoms with E-state index in [-0.39, 0.29) is 11.6 Å². The lowest BCUT2D eigenvalue weighted by Crippen LogP contribution is -2.54. The van der Waals surface area contributed by atoms with Gasteiger partial charge in [0.05, 0.1) is 6.33 Å². The van der Waals surface area contributed by atoms with Crippen molar-refractivity contribution in [3.05, 3.63) is 12.5 Å². The Kier molecular flexibility index (Phi) is 5.73. The maximum atomic E-state index is 12.8. The van der Waals surface area contributed by atoms with Crippen LogP contribution in [0.1, 0.15) is 40.5 Å². The van der Waals surface area contributed by atoms with Gasteiger partial charge in [0.1, 0.15) is 0 Å². The first-order valence-corrected chi connectivity index (χ1v) is 8.54. The summed E-state index contributed by atoms with van der Waals surface area (Å²) in [7, 11) is -3.61. The van der Waals surface area contributed by atoms with E-state index in [1.165, 1.54) is 4.31 Å². The summed E-state index contributed by atoms with van der Waals surface area (Å²) in [5, 5.41) is 0.0981. The van der Waals surface area contributed by atoms with Crippen molar-refractivity contribution in [2.75, 3.05) is 13.1 Å². The van der Waals surface area contributed by atoms with Gasteiger partial charge in [0.15, 0.2) is 5.03 Å². The first-order chi connectivity index (χ1) is 9.35. The number of hydrogen-bond donors (Lipinski definition) is 1. The molecule has 20 heavy (non-hydrogen) atoms. The topological polar surface area (TPSA) is 81.2 Å². The second-order valence-corrected chi connectivity index (χ2v) is 6.98. The molecule has 116 valence electrons. The highest BCUT2D eigenvalue weighted by Crippen LogP contribution is 2.26. The second-order valence-electron chi connectivity index (χ2n) is 5.17. The molecule has 1 heterocycles. The van der Waals surface area contributed by atoms with Crippen molar-refractivity contribution in [1.82, 2.24) is 13.9 Å². The van der Waals surface area contributed by atoms with Crippen molar-refractivity contribution < 1.29 is 8.42 Å². The summed E-state index contributed by atoms with van der Waals surface area (Å²) in [5.41, 5.74) is 5.24. The van der Waals surface area contributed by atoms with E-state index in [4.69, 9.17) is 5.73 Å². The average Bonchev–Trinajstić information content (AvgIpc) is 2.93. The zero-order valence-corrected chi connectivity index (χ0v) is 13.7. The first kappa shape index (κ1) is 17.1. The minimum Gasteiger partial charge on any atom is -0.336 e. The van der Waals surface area contributed by atoms with Crippen LogP contribution in [0.15, 0.2) is 17.6 Å². The molecule has 1 unspecified atom stereocenters. The molecule has 0 saturated heterocycles. The van der Waals surface area contributed by atoms with Gasteiger partial charge in [-0.1, -0.05) is 13.8 Å². The van der Waals surface area contributed by atoms with Crippen LogP contribution in [0.5, 0.6) is 0 Å². The minimum atomic E-state index is -3.61. The van der Waals surface area contributed by atoms with Gasteiger partial charge in [-0.3, -0.25) is 0 Å². The quantitative estimate of drug-likeness (QED) is 0.787. The summed E-state index contributed by atoms with van der Waals surface area (Å²) in [6.45, 7) is 9.17. The Labute approximate surface area is 122 Å². The largest absolute Gasteiger partial charge is 0.336 e. The van der Waals surface area contributed by atoms with Crippen LogP contribution >= 0.6 is 0 Å². The second kappa shape index (κ2) is 6.69. The number of sulfonamides is 1. The SMILES string of the molecule is CCCN(C(C)(CC)CN)S(=O)(=O)c1cn(CC)cn1. The maximum Gasteiger partial charge on any atom is 0.262 e. The van der Waals surface area contributed by atoms with Crippen molar-refractivity contribution in [2.24, 2.45) is 5.73 Å². The molecule has 0 fully saturated rings. The maximum absolute atomic E-state index is 12.8. The summed E-state index contributed by atoms with van der Waals surface area (Å²) in [4.78, 5) is 4.04. The van der Waals surface area contributed by atoms with Gasteiger partial charge in [0.2, 0.25) is 0 Å². The smallest absolute Gasteiger partial charge is 0.262 e. The Morgan fingerprint density at radius 1 is 1.40 bits per heavy atom. The molecule has 0 aromatic carbocycles. The molecule has 0 aliphatic heterocycles. The van der Waals surface area contributed by atoms with Gasteiger partial charge in [-0.2, -0.15) is 4.31 Å². The highest BCUT2D eigenvalue weighted by Gasteiger charge is 2.39. The van der Waals surface area contributed by atoms with Gasteiger partial charge < -0.3 is 10.3 Å². The summed E-state index contributed by atoms with van der Waals surface area (Å²) >= 11 is 0. The molecule has 0 aliphatic carbocycles. The highest BCUT2D eigenvalue weighted by atomic mass is 32.2. The molecule has 0 bridgehead atoms. The standard InChI is InChI=1S/C13H26N4O2S/c1-5-8-17(13(4,6-2)10-14)20(18,19)12-9-16(7-3)11-15-12/h9,11H,5-8,10,14H2,1-4H3. The molecule has 0 saturated carbocycles. The summed E-state index contributed by atoms with van der Waals surface area (Å²) in [6, 6.07) is 0. The van der Waals surface area contributed by atoms with Crippen molar-refractivity contribution >= 4 is 10.0 Å². The van der Waals surface area contributed by atoms with Crippen LogP contribution in [0, 0.1) is 0 Å². The molecule has 1 rings (SSSR count). The van der Waals surface area contributed by atoms with Gasteiger partial charge in [-0.05, 0) is 26.7 Å². The normalized spacial score (nSPS) is 15.5. The van der Waals surface area contributed by atoms with Gasteiger partial charge in [0.25, 0.3) is 10.0 Å². The lowest BCUT2D eigenvalue weighted by molar-refractivity contribution is 0.205. The third-order valence-corrected chi connectivity index (χ3v) is 5.70. The number of nitrogens with zero attached hydrogens (tertiary/aromatic N) is 3. The summed E-state index contributed by atoms with van der Waals surface area (Å²) < 4.78 is 28.9. The fourth-order valence-electron chi connectivity index (χ4n) is 2.06. The third kappa shape index (κ3) is 3.21. The first-order valence-electron chi connectivity index (χ1n) is 7.10. The van der Waals surface area contributed by atoms with Crippen molar-refractivity contribution in [3.63, 3.8) is 0 Å². The van der Waals surface area contributed by atoms with E-state index < -0.39 is 15.6 Å². The number of nitrogens with two attached hydrogens (primary N) is 1. The summed E-state index contributed by atoms with van der Waals surface area (Å²) in [5.74, 6) is 0. The lowest BCUT2D eigenvalue weighted by atomic mass is 9.99. The summed E-state index contributed by atoms with van der Waals surface area (Å²) in [6.07, 6.45) is 4.52. The van der Waals surface area contributed by atoms with Crippen LogP contribution in [0.2, 0.25) is 0 Å². The fourth-order valence-corrected chi connectivity index (χ4v) is 3.95. The Morgan fingerprint density at radius 3 is 2.45 bits per heavy atom. The van der Waals surface area contributed by atoms with Gasteiger partial charge >= 0.3 is 0 Å². The number of imidazole rings is 1. The van der Waals surface area contributed by atoms with Crippen LogP contribution in [-0.2, 0) is 16.6 Å². The van der Waals surface area contributed by atoms with Crippen LogP contribution in [0.4, 0.5) is 0 Å². The number of aryl methyl sites for hydroxylation is 1. The van der Waals surface area contributed by atoms with E-state index in [9.17, 15) is 8.42 Å². The highest BCUT2D eigenvalue weighted by molar-refractivity contribution is 7.89. The van der Waals surface area contributed by atoms with Gasteiger partial charge in [-0.15, -0.1) is 0 Å². The number of hydrogen-bond acceptors (Lipinski definition) is 4. The predicted molar refractivity (Wildman–Crippen MR) is 79.8 cm³/mol. The minimum absolute atomic E-state index is 0.0981. The Bertz CT molecular complexity index is 520. The van der Waals surface area contributed by atoms with E-state index in [1.807, 2.05) is 27.7 Å². The fraction of sp³-hybridized carbons (Fsp3) is 0.769. The van der Waals surface area contributed by atoms with Gasteiger partial charge in [0, 0.05) is 31.4 Å². The molecule has 0 aliphatic rings. The number of aromatic nitrogens is 2. The zero-order chi connectivity index (χ0) is 15.4. The van der Waals surface area contributed by atoms with Crippen molar-refractivity contribution in [1.29, 1.82) is 0 Å². The van der Waals surface area contributed by atoms with Crippen molar-refractivity contribution in [2.45, 2.75) is 57.6 Å². The van der Waals surface area contributed by atoms with Crippen LogP contribution in [0.25, 0.3) is 0 Å². The van der Waals surface area contributed by atoms with E-state index in [0.29, 0.717) is 19.5 Å². The van der Waals surface area contributed by atoms with Gasteiger partial charge in [-0.25, -0.2) is 13.4 Å². The predicted octanol–water partition coefficient (Wildman–Crippen LogP) is 1.43.